The van der Waals surface area contributed by atoms with Gasteiger partial charge < -0.3 is 24.1 Å². The van der Waals surface area contributed by atoms with Gasteiger partial charge in [-0.2, -0.15) is 0 Å². The Bertz CT molecular complexity index is 1250. The van der Waals surface area contributed by atoms with E-state index in [4.69, 9.17) is 18.9 Å². The number of allylic oxidation sites excluding steroid dienone is 5. The summed E-state index contributed by atoms with van der Waals surface area (Å²) in [6.07, 6.45) is 9.14. The van der Waals surface area contributed by atoms with Crippen molar-refractivity contribution in [2.24, 2.45) is 35.5 Å². The van der Waals surface area contributed by atoms with Crippen molar-refractivity contribution in [1.29, 1.82) is 0 Å². The van der Waals surface area contributed by atoms with Crippen LogP contribution < -0.4 is 0 Å². The number of carbonyl (C=O) groups excluding carboxylic acids is 2. The van der Waals surface area contributed by atoms with Gasteiger partial charge in [-0.15, -0.1) is 0 Å². The highest BCUT2D eigenvalue weighted by atomic mass is 16.6. The zero-order valence-electron chi connectivity index (χ0n) is 26.3. The molecule has 0 radical (unpaired) electrons. The lowest BCUT2D eigenvalue weighted by Gasteiger charge is -2.38. The largest absolute Gasteiger partial charge is 0.498 e. The SMILES string of the molecule is CC[C@H]1CCCC[C@@H](C)C(=O)C2=CC3C(C=C(c4ccccc4)C4C[C@@H](O[C@H](O)/C(OC)=C(/C)OC)C[C@H]43)[C@@H]2CC(=O)O1. The number of methoxy groups -OCH3 is 2. The number of aliphatic hydroxyl groups is 1. The van der Waals surface area contributed by atoms with Gasteiger partial charge in [-0.1, -0.05) is 62.8 Å². The van der Waals surface area contributed by atoms with E-state index in [1.807, 2.05) is 13.0 Å². The third-order valence-corrected chi connectivity index (χ3v) is 10.3. The summed E-state index contributed by atoms with van der Waals surface area (Å²) in [5.41, 5.74) is 3.20. The molecule has 7 nitrogen and oxygen atoms in total. The molecule has 1 aliphatic heterocycles. The second-order valence-electron chi connectivity index (χ2n) is 12.8. The number of esters is 1. The molecule has 3 unspecified atom stereocenters. The quantitative estimate of drug-likeness (QED) is 0.216. The highest BCUT2D eigenvalue weighted by molar-refractivity contribution is 5.99. The molecule has 0 aromatic heterocycles. The lowest BCUT2D eigenvalue weighted by Crippen LogP contribution is -2.32. The number of hydrogen-bond donors (Lipinski definition) is 1. The average Bonchev–Trinajstić information content (AvgIpc) is 3.59. The number of Topliss-reactive ketones (excluding diaryl/α,β-unsaturated/α-hetero) is 1. The molecular weight excluding hydrogens is 544 g/mol. The zero-order chi connectivity index (χ0) is 30.7. The van der Waals surface area contributed by atoms with Crippen molar-refractivity contribution in [3.8, 4) is 0 Å². The van der Waals surface area contributed by atoms with E-state index < -0.39 is 6.29 Å². The number of hydrogen-bond acceptors (Lipinski definition) is 7. The Kier molecular flexibility index (Phi) is 10.1. The Balaban J connectivity index is 1.50. The summed E-state index contributed by atoms with van der Waals surface area (Å²) in [4.78, 5) is 27.3. The Morgan fingerprint density at radius 3 is 2.40 bits per heavy atom. The second-order valence-corrected chi connectivity index (χ2v) is 12.8. The Morgan fingerprint density at radius 1 is 0.977 bits per heavy atom. The number of benzene rings is 1. The van der Waals surface area contributed by atoms with Gasteiger partial charge in [-0.3, -0.25) is 9.59 Å². The monoisotopic (exact) mass is 592 g/mol. The van der Waals surface area contributed by atoms with Gasteiger partial charge in [0, 0.05) is 11.8 Å². The molecule has 9 atom stereocenters. The van der Waals surface area contributed by atoms with Crippen molar-refractivity contribution >= 4 is 17.3 Å². The van der Waals surface area contributed by atoms with Crippen molar-refractivity contribution < 1.29 is 33.6 Å². The molecule has 0 bridgehead atoms. The molecule has 1 aromatic rings. The Morgan fingerprint density at radius 2 is 1.70 bits per heavy atom. The van der Waals surface area contributed by atoms with Crippen LogP contribution in [0.2, 0.25) is 0 Å². The van der Waals surface area contributed by atoms with Crippen LogP contribution in [0.25, 0.3) is 5.57 Å². The number of cyclic esters (lactones) is 1. The van der Waals surface area contributed by atoms with E-state index >= 15 is 0 Å². The maximum absolute atomic E-state index is 13.9. The predicted octanol–water partition coefficient (Wildman–Crippen LogP) is 6.62. The number of ether oxygens (including phenoxy) is 4. The predicted molar refractivity (Wildman–Crippen MR) is 164 cm³/mol. The first-order valence-electron chi connectivity index (χ1n) is 16.1. The fourth-order valence-electron chi connectivity index (χ4n) is 8.01. The molecule has 1 saturated carbocycles. The summed E-state index contributed by atoms with van der Waals surface area (Å²) in [5.74, 6) is 0.956. The fourth-order valence-corrected chi connectivity index (χ4v) is 8.01. The number of rotatable bonds is 7. The third kappa shape index (κ3) is 6.63. The number of ketones is 1. The first-order valence-corrected chi connectivity index (χ1v) is 16.1. The number of fused-ring (bicyclic) bond motifs is 5. The molecule has 3 aliphatic carbocycles. The van der Waals surface area contributed by atoms with E-state index in [-0.39, 0.29) is 71.6 Å². The normalized spacial score (nSPS) is 34.2. The summed E-state index contributed by atoms with van der Waals surface area (Å²) >= 11 is 0. The van der Waals surface area contributed by atoms with Gasteiger partial charge in [0.25, 0.3) is 0 Å². The minimum absolute atomic E-state index is 0.0204. The molecule has 4 aliphatic rings. The van der Waals surface area contributed by atoms with Crippen molar-refractivity contribution in [1.82, 2.24) is 0 Å². The second kappa shape index (κ2) is 13.8. The van der Waals surface area contributed by atoms with Crippen molar-refractivity contribution in [3.05, 3.63) is 65.1 Å². The molecule has 0 spiro atoms. The summed E-state index contributed by atoms with van der Waals surface area (Å²) in [7, 11) is 3.03. The summed E-state index contributed by atoms with van der Waals surface area (Å²) < 4.78 is 22.9. The number of carbonyl (C=O) groups is 2. The van der Waals surface area contributed by atoms with Gasteiger partial charge in [0.2, 0.25) is 6.29 Å². The number of aliphatic hydroxyl groups excluding tert-OH is 1. The molecule has 1 saturated heterocycles. The Hall–Kier alpha value is -2.90. The van der Waals surface area contributed by atoms with Crippen LogP contribution in [0.5, 0.6) is 0 Å². The molecule has 234 valence electrons. The van der Waals surface area contributed by atoms with Crippen LogP contribution in [0.3, 0.4) is 0 Å². The molecular formula is C36H48O7. The average molecular weight is 593 g/mol. The van der Waals surface area contributed by atoms with E-state index in [2.05, 4.69) is 43.3 Å². The first-order chi connectivity index (χ1) is 20.7. The minimum atomic E-state index is -1.24. The molecule has 43 heavy (non-hydrogen) atoms. The maximum Gasteiger partial charge on any atom is 0.306 e. The molecule has 5 rings (SSSR count). The van der Waals surface area contributed by atoms with Gasteiger partial charge in [-0.05, 0) is 85.8 Å². The fraction of sp³-hybridized carbons (Fsp3) is 0.611. The van der Waals surface area contributed by atoms with Gasteiger partial charge >= 0.3 is 5.97 Å². The summed E-state index contributed by atoms with van der Waals surface area (Å²) in [6.45, 7) is 5.85. The van der Waals surface area contributed by atoms with E-state index in [1.165, 1.54) is 19.8 Å². The summed E-state index contributed by atoms with van der Waals surface area (Å²) in [6, 6.07) is 10.4. The van der Waals surface area contributed by atoms with E-state index in [0.717, 1.165) is 56.1 Å². The molecule has 0 amide bonds. The molecule has 1 heterocycles. The lowest BCUT2D eigenvalue weighted by molar-refractivity contribution is -0.151. The van der Waals surface area contributed by atoms with Gasteiger partial charge in [0.05, 0.1) is 26.7 Å². The van der Waals surface area contributed by atoms with Crippen LogP contribution in [0.4, 0.5) is 0 Å². The van der Waals surface area contributed by atoms with Crippen LogP contribution in [-0.2, 0) is 28.5 Å². The highest BCUT2D eigenvalue weighted by Crippen LogP contribution is 2.58. The standard InChI is InChI=1S/C36H48O7/c1-6-24-15-11-10-12-21(2)34(38)32-19-30-28-17-25(43-36(39)35(41-5)22(3)40-4)16-27(28)26(23-13-8-7-9-14-23)18-29(30)31(32)20-33(37)42-24/h7-9,13-14,18-19,21,24-25,27-31,36,39H,6,10-12,15-17,20H2,1-5H3/b35-22+/t21-,24+,25-,27?,28-,29?,30?,31+,36+/m1/s1. The van der Waals surface area contributed by atoms with E-state index in [1.54, 1.807) is 6.92 Å². The topological polar surface area (TPSA) is 91.3 Å². The minimum Gasteiger partial charge on any atom is -0.498 e. The first kappa shape index (κ1) is 31.5. The van der Waals surface area contributed by atoms with Crippen LogP contribution in [0.1, 0.15) is 77.7 Å². The van der Waals surface area contributed by atoms with Crippen LogP contribution in [0.15, 0.2) is 59.6 Å². The molecule has 7 heteroatoms. The smallest absolute Gasteiger partial charge is 0.306 e. The van der Waals surface area contributed by atoms with Crippen molar-refractivity contribution in [3.63, 3.8) is 0 Å². The molecule has 1 aromatic carbocycles. The van der Waals surface area contributed by atoms with Crippen LogP contribution in [-0.4, -0.2) is 49.6 Å². The highest BCUT2D eigenvalue weighted by Gasteiger charge is 2.52. The Labute approximate surface area is 256 Å². The maximum atomic E-state index is 13.9. The van der Waals surface area contributed by atoms with E-state index in [9.17, 15) is 14.7 Å². The lowest BCUT2D eigenvalue weighted by atomic mass is 9.66. The third-order valence-electron chi connectivity index (χ3n) is 10.3. The molecule has 1 N–H and O–H groups in total. The van der Waals surface area contributed by atoms with Crippen molar-refractivity contribution in [2.45, 2.75) is 90.6 Å². The van der Waals surface area contributed by atoms with Crippen molar-refractivity contribution in [2.75, 3.05) is 14.2 Å². The van der Waals surface area contributed by atoms with Gasteiger partial charge in [-0.25, -0.2) is 0 Å². The zero-order valence-corrected chi connectivity index (χ0v) is 26.3. The summed E-state index contributed by atoms with van der Waals surface area (Å²) in [5, 5.41) is 10.9. The van der Waals surface area contributed by atoms with Gasteiger partial charge in [0.1, 0.15) is 11.9 Å². The van der Waals surface area contributed by atoms with Gasteiger partial charge in [0.15, 0.2) is 11.5 Å². The van der Waals surface area contributed by atoms with Crippen LogP contribution in [0, 0.1) is 35.5 Å². The molecule has 2 fully saturated rings. The van der Waals surface area contributed by atoms with Crippen LogP contribution >= 0.6 is 0 Å². The van der Waals surface area contributed by atoms with E-state index in [0.29, 0.717) is 5.76 Å².